The van der Waals surface area contributed by atoms with E-state index in [1.165, 1.54) is 12.1 Å². The van der Waals surface area contributed by atoms with E-state index in [2.05, 4.69) is 5.32 Å². The lowest BCUT2D eigenvalue weighted by Crippen LogP contribution is -2.44. The van der Waals surface area contributed by atoms with Crippen LogP contribution in [0.15, 0.2) is 48.5 Å². The van der Waals surface area contributed by atoms with Crippen molar-refractivity contribution in [3.8, 4) is 0 Å². The molecule has 3 rings (SSSR count). The summed E-state index contributed by atoms with van der Waals surface area (Å²) in [5.41, 5.74) is 2.09. The second-order valence-corrected chi connectivity index (χ2v) is 4.86. The van der Waals surface area contributed by atoms with Crippen molar-refractivity contribution in [1.82, 2.24) is 5.32 Å². The number of fused-ring (bicyclic) bond motifs is 1. The largest absolute Gasteiger partial charge is 0.350 e. The van der Waals surface area contributed by atoms with Crippen molar-refractivity contribution in [2.24, 2.45) is 0 Å². The highest BCUT2D eigenvalue weighted by molar-refractivity contribution is 6.01. The lowest BCUT2D eigenvalue weighted by atomic mass is 10.0. The van der Waals surface area contributed by atoms with Crippen LogP contribution < -0.4 is 10.2 Å². The van der Waals surface area contributed by atoms with Crippen LogP contribution in [0.25, 0.3) is 0 Å². The molecule has 0 saturated carbocycles. The van der Waals surface area contributed by atoms with Crippen molar-refractivity contribution in [2.45, 2.75) is 6.17 Å². The van der Waals surface area contributed by atoms with Crippen LogP contribution in [0.4, 0.5) is 11.4 Å². The minimum absolute atomic E-state index is 0.00834. The van der Waals surface area contributed by atoms with Crippen molar-refractivity contribution < 1.29 is 9.72 Å². The number of nitro groups is 1. The Labute approximate surface area is 121 Å². The molecule has 21 heavy (non-hydrogen) atoms. The fourth-order valence-corrected chi connectivity index (χ4v) is 2.53. The van der Waals surface area contributed by atoms with Gasteiger partial charge in [-0.05, 0) is 12.1 Å². The smallest absolute Gasteiger partial charge is 0.269 e. The quantitative estimate of drug-likeness (QED) is 0.678. The summed E-state index contributed by atoms with van der Waals surface area (Å²) >= 11 is 0. The number of nitro benzene ring substituents is 1. The summed E-state index contributed by atoms with van der Waals surface area (Å²) in [6, 6.07) is 13.6. The molecule has 1 unspecified atom stereocenters. The molecule has 1 aliphatic heterocycles. The van der Waals surface area contributed by atoms with Gasteiger partial charge in [0.05, 0.1) is 16.2 Å². The van der Waals surface area contributed by atoms with Gasteiger partial charge < -0.3 is 10.2 Å². The van der Waals surface area contributed by atoms with Crippen LogP contribution in [0.1, 0.15) is 22.1 Å². The van der Waals surface area contributed by atoms with E-state index < -0.39 is 11.1 Å². The van der Waals surface area contributed by atoms with Crippen LogP contribution in [0.5, 0.6) is 0 Å². The van der Waals surface area contributed by atoms with Crippen LogP contribution in [-0.4, -0.2) is 17.9 Å². The van der Waals surface area contributed by atoms with Gasteiger partial charge in [-0.2, -0.15) is 0 Å². The molecule has 1 N–H and O–H groups in total. The van der Waals surface area contributed by atoms with E-state index in [0.29, 0.717) is 11.1 Å². The third-order valence-corrected chi connectivity index (χ3v) is 3.58. The van der Waals surface area contributed by atoms with Crippen LogP contribution in [-0.2, 0) is 0 Å². The van der Waals surface area contributed by atoms with Gasteiger partial charge in [0.1, 0.15) is 6.17 Å². The van der Waals surface area contributed by atoms with Crippen molar-refractivity contribution >= 4 is 17.3 Å². The SMILES string of the molecule is CN1c2ccccc2C(=O)NC1c1cccc([N+](=O)[O-])c1. The number of carbonyl (C=O) groups excluding carboxylic acids is 1. The summed E-state index contributed by atoms with van der Waals surface area (Å²) in [5, 5.41) is 13.8. The van der Waals surface area contributed by atoms with Crippen LogP contribution in [0.3, 0.4) is 0 Å². The first-order chi connectivity index (χ1) is 10.1. The molecule has 1 amide bonds. The lowest BCUT2D eigenvalue weighted by Gasteiger charge is -2.36. The molecule has 2 aromatic rings. The monoisotopic (exact) mass is 283 g/mol. The molecule has 6 nitrogen and oxygen atoms in total. The number of para-hydroxylation sites is 1. The zero-order chi connectivity index (χ0) is 15.0. The van der Waals surface area contributed by atoms with Gasteiger partial charge in [0.2, 0.25) is 0 Å². The summed E-state index contributed by atoms with van der Waals surface area (Å²) in [4.78, 5) is 24.5. The Hall–Kier alpha value is -2.89. The van der Waals surface area contributed by atoms with Crippen LogP contribution in [0, 0.1) is 10.1 Å². The zero-order valence-corrected chi connectivity index (χ0v) is 11.3. The first kappa shape index (κ1) is 13.1. The summed E-state index contributed by atoms with van der Waals surface area (Å²) in [5.74, 6) is -0.180. The van der Waals surface area contributed by atoms with Crippen molar-refractivity contribution in [2.75, 3.05) is 11.9 Å². The Bertz CT molecular complexity index is 730. The Kier molecular flexibility index (Phi) is 3.06. The number of amides is 1. The normalized spacial score (nSPS) is 17.1. The predicted molar refractivity (Wildman–Crippen MR) is 78.1 cm³/mol. The molecule has 0 spiro atoms. The molecular weight excluding hydrogens is 270 g/mol. The average molecular weight is 283 g/mol. The van der Waals surface area contributed by atoms with E-state index in [0.717, 1.165) is 5.69 Å². The second kappa shape index (κ2) is 4.90. The van der Waals surface area contributed by atoms with Gasteiger partial charge in [-0.25, -0.2) is 0 Å². The summed E-state index contributed by atoms with van der Waals surface area (Å²) in [6.07, 6.45) is -0.424. The number of hydrogen-bond donors (Lipinski definition) is 1. The highest BCUT2D eigenvalue weighted by Gasteiger charge is 2.29. The van der Waals surface area contributed by atoms with Gasteiger partial charge in [0, 0.05) is 24.7 Å². The number of nitrogens with one attached hydrogen (secondary N) is 1. The maximum atomic E-state index is 12.2. The Morgan fingerprint density at radius 2 is 1.95 bits per heavy atom. The Morgan fingerprint density at radius 1 is 1.19 bits per heavy atom. The molecule has 0 aliphatic carbocycles. The number of nitrogens with zero attached hydrogens (tertiary/aromatic N) is 2. The number of anilines is 1. The van der Waals surface area contributed by atoms with Crippen molar-refractivity contribution in [3.05, 3.63) is 69.8 Å². The highest BCUT2D eigenvalue weighted by atomic mass is 16.6. The third-order valence-electron chi connectivity index (χ3n) is 3.58. The van der Waals surface area contributed by atoms with E-state index in [4.69, 9.17) is 0 Å². The number of benzene rings is 2. The molecule has 1 aliphatic rings. The van der Waals surface area contributed by atoms with E-state index in [1.807, 2.05) is 24.1 Å². The zero-order valence-electron chi connectivity index (χ0n) is 11.3. The second-order valence-electron chi connectivity index (χ2n) is 4.86. The first-order valence-corrected chi connectivity index (χ1v) is 6.45. The third kappa shape index (κ3) is 2.20. The average Bonchev–Trinajstić information content (AvgIpc) is 2.51. The molecule has 0 saturated heterocycles. The molecular formula is C15H13N3O3. The van der Waals surface area contributed by atoms with Gasteiger partial charge in [-0.3, -0.25) is 14.9 Å². The van der Waals surface area contributed by atoms with E-state index in [9.17, 15) is 14.9 Å². The Morgan fingerprint density at radius 3 is 2.71 bits per heavy atom. The fourth-order valence-electron chi connectivity index (χ4n) is 2.53. The highest BCUT2D eigenvalue weighted by Crippen LogP contribution is 2.32. The number of non-ortho nitro benzene ring substituents is 1. The first-order valence-electron chi connectivity index (χ1n) is 6.45. The number of rotatable bonds is 2. The van der Waals surface area contributed by atoms with E-state index in [-0.39, 0.29) is 11.6 Å². The van der Waals surface area contributed by atoms with E-state index in [1.54, 1.807) is 24.3 Å². The maximum absolute atomic E-state index is 12.2. The summed E-state index contributed by atoms with van der Waals surface area (Å²) < 4.78 is 0. The van der Waals surface area contributed by atoms with Crippen LogP contribution in [0.2, 0.25) is 0 Å². The summed E-state index contributed by atoms with van der Waals surface area (Å²) in [6.45, 7) is 0. The minimum atomic E-state index is -0.442. The fraction of sp³-hybridized carbons (Fsp3) is 0.133. The molecule has 0 fully saturated rings. The van der Waals surface area contributed by atoms with Gasteiger partial charge >= 0.3 is 0 Å². The van der Waals surface area contributed by atoms with Gasteiger partial charge in [0.25, 0.3) is 11.6 Å². The molecule has 1 atom stereocenters. The predicted octanol–water partition coefficient (Wildman–Crippen LogP) is 2.47. The topological polar surface area (TPSA) is 75.5 Å². The number of carbonyl (C=O) groups is 1. The minimum Gasteiger partial charge on any atom is -0.350 e. The molecule has 0 radical (unpaired) electrons. The Balaban J connectivity index is 2.03. The van der Waals surface area contributed by atoms with Crippen LogP contribution >= 0.6 is 0 Å². The molecule has 0 aromatic heterocycles. The number of hydrogen-bond acceptors (Lipinski definition) is 4. The molecule has 0 bridgehead atoms. The van der Waals surface area contributed by atoms with Crippen molar-refractivity contribution in [1.29, 1.82) is 0 Å². The van der Waals surface area contributed by atoms with Crippen molar-refractivity contribution in [3.63, 3.8) is 0 Å². The lowest BCUT2D eigenvalue weighted by molar-refractivity contribution is -0.384. The van der Waals surface area contributed by atoms with Gasteiger partial charge in [-0.15, -0.1) is 0 Å². The molecule has 2 aromatic carbocycles. The summed E-state index contributed by atoms with van der Waals surface area (Å²) in [7, 11) is 1.85. The standard InChI is InChI=1S/C15H13N3O3/c1-17-13-8-3-2-7-12(13)15(19)16-14(17)10-5-4-6-11(9-10)18(20)21/h2-9,14H,1H3,(H,16,19). The molecule has 1 heterocycles. The van der Waals surface area contributed by atoms with E-state index >= 15 is 0 Å². The molecule has 6 heteroatoms. The van der Waals surface area contributed by atoms with Gasteiger partial charge in [0.15, 0.2) is 0 Å². The molecule has 106 valence electrons. The van der Waals surface area contributed by atoms with Gasteiger partial charge in [-0.1, -0.05) is 24.3 Å². The maximum Gasteiger partial charge on any atom is 0.269 e.